The minimum atomic E-state index is 0.0630. The average molecular weight is 327 g/mol. The first-order valence-electron chi connectivity index (χ1n) is 7.47. The van der Waals surface area contributed by atoms with Crippen LogP contribution >= 0.6 is 11.8 Å². The van der Waals surface area contributed by atoms with Gasteiger partial charge in [0.25, 0.3) is 0 Å². The van der Waals surface area contributed by atoms with E-state index in [1.807, 2.05) is 31.2 Å². The summed E-state index contributed by atoms with van der Waals surface area (Å²) in [5, 5.41) is 10.9. The van der Waals surface area contributed by atoms with E-state index in [9.17, 15) is 10.1 Å². The topological polar surface area (TPSA) is 66.2 Å². The molecule has 6 heteroatoms. The first-order valence-corrected chi connectivity index (χ1v) is 8.46. The lowest BCUT2D eigenvalue weighted by Crippen LogP contribution is -2.41. The lowest BCUT2D eigenvalue weighted by Gasteiger charge is -2.26. The third-order valence-corrected chi connectivity index (χ3v) is 4.73. The van der Waals surface area contributed by atoms with Gasteiger partial charge in [-0.05, 0) is 25.1 Å². The van der Waals surface area contributed by atoms with Crippen LogP contribution in [0.3, 0.4) is 0 Å². The van der Waals surface area contributed by atoms with Crippen molar-refractivity contribution in [2.45, 2.75) is 11.9 Å². The molecule has 1 fully saturated rings. The fraction of sp³-hybridized carbons (Fsp3) is 0.353. The fourth-order valence-electron chi connectivity index (χ4n) is 2.50. The molecule has 1 aliphatic heterocycles. The van der Waals surface area contributed by atoms with E-state index in [0.29, 0.717) is 42.6 Å². The molecule has 1 aromatic heterocycles. The molecule has 5 nitrogen and oxygen atoms in total. The number of carbonyl (C=O) groups excluding carboxylic acids is 1. The number of thioether (sulfide) groups is 1. The van der Waals surface area contributed by atoms with Crippen molar-refractivity contribution in [1.29, 1.82) is 5.26 Å². The molecule has 1 amide bonds. The van der Waals surface area contributed by atoms with Crippen LogP contribution in [0.5, 0.6) is 0 Å². The molecule has 3 rings (SSSR count). The number of nitrogens with zero attached hydrogens (tertiary/aromatic N) is 3. The minimum absolute atomic E-state index is 0.0630. The Balaban J connectivity index is 1.77. The van der Waals surface area contributed by atoms with Crippen LogP contribution < -0.4 is 0 Å². The summed E-state index contributed by atoms with van der Waals surface area (Å²) in [5.74, 6) is 0.354. The third-order valence-electron chi connectivity index (χ3n) is 3.75. The van der Waals surface area contributed by atoms with Crippen molar-refractivity contribution in [2.24, 2.45) is 0 Å². The average Bonchev–Trinajstić information content (AvgIpc) is 2.59. The first-order chi connectivity index (χ1) is 11.2. The lowest BCUT2D eigenvalue weighted by molar-refractivity contribution is -0.132. The number of nitriles is 1. The molecular weight excluding hydrogens is 310 g/mol. The predicted octanol–water partition coefficient (Wildman–Crippen LogP) is 2.37. The smallest absolute Gasteiger partial charge is 0.233 e. The van der Waals surface area contributed by atoms with Gasteiger partial charge in [-0.25, -0.2) is 4.98 Å². The largest absolute Gasteiger partial charge is 0.378 e. The predicted molar refractivity (Wildman–Crippen MR) is 89.3 cm³/mol. The van der Waals surface area contributed by atoms with Crippen LogP contribution in [0.4, 0.5) is 0 Å². The van der Waals surface area contributed by atoms with Crippen molar-refractivity contribution in [3.8, 4) is 6.07 Å². The maximum atomic E-state index is 12.2. The van der Waals surface area contributed by atoms with E-state index in [2.05, 4.69) is 11.1 Å². The van der Waals surface area contributed by atoms with Crippen molar-refractivity contribution in [3.05, 3.63) is 35.4 Å². The molecule has 0 saturated carbocycles. The quantitative estimate of drug-likeness (QED) is 0.810. The molecule has 1 aliphatic rings. The van der Waals surface area contributed by atoms with E-state index < -0.39 is 0 Å². The molecular formula is C17H17N3O2S. The van der Waals surface area contributed by atoms with Gasteiger partial charge in [-0.3, -0.25) is 4.79 Å². The summed E-state index contributed by atoms with van der Waals surface area (Å²) >= 11 is 1.33. The molecule has 0 aliphatic carbocycles. The van der Waals surface area contributed by atoms with Crippen molar-refractivity contribution in [2.75, 3.05) is 32.1 Å². The Morgan fingerprint density at radius 3 is 2.91 bits per heavy atom. The van der Waals surface area contributed by atoms with Gasteiger partial charge < -0.3 is 9.64 Å². The summed E-state index contributed by atoms with van der Waals surface area (Å²) in [5.41, 5.74) is 2.49. The van der Waals surface area contributed by atoms with Crippen LogP contribution in [-0.4, -0.2) is 47.8 Å². The molecule has 0 N–H and O–H groups in total. The van der Waals surface area contributed by atoms with Gasteiger partial charge in [0.05, 0.1) is 30.0 Å². The van der Waals surface area contributed by atoms with Crippen molar-refractivity contribution >= 4 is 28.6 Å². The second kappa shape index (κ2) is 6.99. The molecule has 0 radical (unpaired) electrons. The van der Waals surface area contributed by atoms with Gasteiger partial charge in [-0.2, -0.15) is 5.26 Å². The highest BCUT2D eigenvalue weighted by atomic mass is 32.2. The summed E-state index contributed by atoms with van der Waals surface area (Å²) in [6.07, 6.45) is 0. The highest BCUT2D eigenvalue weighted by Gasteiger charge is 2.18. The molecule has 1 saturated heterocycles. The zero-order valence-corrected chi connectivity index (χ0v) is 13.7. The first kappa shape index (κ1) is 15.8. The number of fused-ring (bicyclic) bond motifs is 1. The molecule has 0 spiro atoms. The van der Waals surface area contributed by atoms with Crippen molar-refractivity contribution in [3.63, 3.8) is 0 Å². The number of aromatic nitrogens is 1. The zero-order chi connectivity index (χ0) is 16.2. The Morgan fingerprint density at radius 2 is 2.17 bits per heavy atom. The number of carbonyl (C=O) groups is 1. The third kappa shape index (κ3) is 3.63. The monoisotopic (exact) mass is 327 g/mol. The number of morpholine rings is 1. The van der Waals surface area contributed by atoms with E-state index in [4.69, 9.17) is 4.74 Å². The molecule has 1 aromatic carbocycles. The van der Waals surface area contributed by atoms with Gasteiger partial charge in [-0.15, -0.1) is 0 Å². The standard InChI is InChI=1S/C17H17N3O2S/c1-12-2-3-15-13(8-12)9-14(10-18)17(19-15)23-11-16(21)20-4-6-22-7-5-20/h2-3,8-9H,4-7,11H2,1H3. The van der Waals surface area contributed by atoms with E-state index in [1.165, 1.54) is 11.8 Å². The maximum absolute atomic E-state index is 12.2. The second-order valence-electron chi connectivity index (χ2n) is 5.43. The van der Waals surface area contributed by atoms with Crippen LogP contribution in [0.25, 0.3) is 10.9 Å². The highest BCUT2D eigenvalue weighted by molar-refractivity contribution is 8.00. The SMILES string of the molecule is Cc1ccc2nc(SCC(=O)N3CCOCC3)c(C#N)cc2c1. The molecule has 0 bridgehead atoms. The number of hydrogen-bond acceptors (Lipinski definition) is 5. The molecule has 23 heavy (non-hydrogen) atoms. The Hall–Kier alpha value is -2.10. The number of ether oxygens (including phenoxy) is 1. The van der Waals surface area contributed by atoms with Crippen LogP contribution in [0, 0.1) is 18.3 Å². The molecule has 0 unspecified atom stereocenters. The van der Waals surface area contributed by atoms with E-state index >= 15 is 0 Å². The Bertz CT molecular complexity index is 779. The van der Waals surface area contributed by atoms with E-state index in [-0.39, 0.29) is 5.91 Å². The van der Waals surface area contributed by atoms with Gasteiger partial charge in [0, 0.05) is 18.5 Å². The summed E-state index contributed by atoms with van der Waals surface area (Å²) in [4.78, 5) is 18.6. The van der Waals surface area contributed by atoms with Gasteiger partial charge in [0.2, 0.25) is 5.91 Å². The van der Waals surface area contributed by atoms with Crippen molar-refractivity contribution in [1.82, 2.24) is 9.88 Å². The van der Waals surface area contributed by atoms with E-state index in [0.717, 1.165) is 16.5 Å². The second-order valence-corrected chi connectivity index (χ2v) is 6.39. The van der Waals surface area contributed by atoms with Gasteiger partial charge >= 0.3 is 0 Å². The van der Waals surface area contributed by atoms with Crippen LogP contribution in [0.1, 0.15) is 11.1 Å². The molecule has 2 aromatic rings. The normalized spacial score (nSPS) is 14.7. The minimum Gasteiger partial charge on any atom is -0.378 e. The van der Waals surface area contributed by atoms with Crippen LogP contribution in [-0.2, 0) is 9.53 Å². The van der Waals surface area contributed by atoms with Crippen molar-refractivity contribution < 1.29 is 9.53 Å². The zero-order valence-electron chi connectivity index (χ0n) is 12.9. The fourth-order valence-corrected chi connectivity index (χ4v) is 3.37. The molecule has 2 heterocycles. The maximum Gasteiger partial charge on any atom is 0.233 e. The molecule has 118 valence electrons. The number of benzene rings is 1. The number of pyridine rings is 1. The Morgan fingerprint density at radius 1 is 1.39 bits per heavy atom. The Labute approximate surface area is 139 Å². The summed E-state index contributed by atoms with van der Waals surface area (Å²) in [7, 11) is 0. The van der Waals surface area contributed by atoms with E-state index in [1.54, 1.807) is 4.90 Å². The molecule has 0 atom stereocenters. The number of rotatable bonds is 3. The van der Waals surface area contributed by atoms with Crippen LogP contribution in [0.15, 0.2) is 29.3 Å². The highest BCUT2D eigenvalue weighted by Crippen LogP contribution is 2.25. The van der Waals surface area contributed by atoms with Gasteiger partial charge in [0.15, 0.2) is 0 Å². The lowest BCUT2D eigenvalue weighted by atomic mass is 10.1. The summed E-state index contributed by atoms with van der Waals surface area (Å²) in [6.45, 7) is 4.46. The van der Waals surface area contributed by atoms with Crippen LogP contribution in [0.2, 0.25) is 0 Å². The summed E-state index contributed by atoms with van der Waals surface area (Å²) in [6, 6.07) is 9.98. The Kier molecular flexibility index (Phi) is 4.79. The number of hydrogen-bond donors (Lipinski definition) is 0. The van der Waals surface area contributed by atoms with Gasteiger partial charge in [-0.1, -0.05) is 23.4 Å². The number of aryl methyl sites for hydroxylation is 1. The summed E-state index contributed by atoms with van der Waals surface area (Å²) < 4.78 is 5.25. The number of amides is 1. The van der Waals surface area contributed by atoms with Gasteiger partial charge in [0.1, 0.15) is 11.1 Å².